The Morgan fingerprint density at radius 1 is 1.12 bits per heavy atom. The summed E-state index contributed by atoms with van der Waals surface area (Å²) in [6, 6.07) is 16.0. The van der Waals surface area contributed by atoms with Gasteiger partial charge in [0.1, 0.15) is 0 Å². The smallest absolute Gasteiger partial charge is 0.252 e. The number of nitrogens with zero attached hydrogens (tertiary/aromatic N) is 1. The summed E-state index contributed by atoms with van der Waals surface area (Å²) in [4.78, 5) is 14.8. The largest absolute Gasteiger partial charge is 0.348 e. The van der Waals surface area contributed by atoms with Crippen molar-refractivity contribution >= 4 is 17.7 Å². The van der Waals surface area contributed by atoms with Crippen LogP contribution in [0.25, 0.3) is 0 Å². The zero-order valence-electron chi connectivity index (χ0n) is 14.6. The predicted octanol–water partition coefficient (Wildman–Crippen LogP) is 4.42. The van der Waals surface area contributed by atoms with E-state index in [9.17, 15) is 4.79 Å². The fraction of sp³-hybridized carbons (Fsp3) is 0.200. The molecule has 25 heavy (non-hydrogen) atoms. The first kappa shape index (κ1) is 17.3. The minimum absolute atomic E-state index is 0.0709. The molecule has 1 amide bonds. The van der Waals surface area contributed by atoms with Crippen molar-refractivity contribution in [2.45, 2.75) is 37.1 Å². The molecule has 1 heterocycles. The summed E-state index contributed by atoms with van der Waals surface area (Å²) in [7, 11) is 0. The van der Waals surface area contributed by atoms with Crippen molar-refractivity contribution in [3.05, 3.63) is 76.6 Å². The zero-order valence-corrected chi connectivity index (χ0v) is 15.4. The molecule has 128 valence electrons. The second-order valence-corrected chi connectivity index (χ2v) is 7.13. The number of rotatable bonds is 5. The average Bonchev–Trinajstić information content (AvgIpc) is 2.92. The number of hydrogen-bond acceptors (Lipinski definition) is 3. The lowest BCUT2D eigenvalue weighted by Gasteiger charge is -2.11. The summed E-state index contributed by atoms with van der Waals surface area (Å²) in [6.45, 7) is 6.41. The molecule has 2 aromatic carbocycles. The van der Waals surface area contributed by atoms with Crippen LogP contribution in [0.2, 0.25) is 0 Å². The number of carbonyl (C=O) groups is 1. The van der Waals surface area contributed by atoms with Crippen molar-refractivity contribution < 1.29 is 4.79 Å². The van der Waals surface area contributed by atoms with Gasteiger partial charge in [-0.25, -0.2) is 0 Å². The van der Waals surface area contributed by atoms with Crippen LogP contribution in [0.4, 0.5) is 0 Å². The van der Waals surface area contributed by atoms with Gasteiger partial charge < -0.3 is 5.32 Å². The summed E-state index contributed by atoms with van der Waals surface area (Å²) in [6.07, 6.45) is 0. The normalized spacial score (nSPS) is 10.7. The highest BCUT2D eigenvalue weighted by atomic mass is 32.2. The maximum atomic E-state index is 12.7. The van der Waals surface area contributed by atoms with Crippen molar-refractivity contribution in [1.82, 2.24) is 15.5 Å². The molecule has 4 nitrogen and oxygen atoms in total. The number of amides is 1. The molecule has 0 unspecified atom stereocenters. The van der Waals surface area contributed by atoms with Crippen LogP contribution in [-0.2, 0) is 6.54 Å². The van der Waals surface area contributed by atoms with Crippen molar-refractivity contribution in [3.8, 4) is 0 Å². The minimum atomic E-state index is -0.0709. The third-order valence-corrected chi connectivity index (χ3v) is 5.12. The Morgan fingerprint density at radius 2 is 1.88 bits per heavy atom. The van der Waals surface area contributed by atoms with Crippen LogP contribution in [0.1, 0.15) is 32.9 Å². The van der Waals surface area contributed by atoms with E-state index >= 15 is 0 Å². The first-order valence-corrected chi connectivity index (χ1v) is 8.98. The zero-order chi connectivity index (χ0) is 17.8. The summed E-state index contributed by atoms with van der Waals surface area (Å²) in [5.74, 6) is -0.0709. The molecule has 0 bridgehead atoms. The van der Waals surface area contributed by atoms with E-state index in [1.54, 1.807) is 11.8 Å². The molecule has 0 spiro atoms. The van der Waals surface area contributed by atoms with Gasteiger partial charge >= 0.3 is 0 Å². The van der Waals surface area contributed by atoms with Crippen LogP contribution < -0.4 is 5.32 Å². The topological polar surface area (TPSA) is 57.8 Å². The van der Waals surface area contributed by atoms with Gasteiger partial charge in [0, 0.05) is 27.6 Å². The van der Waals surface area contributed by atoms with E-state index in [0.717, 1.165) is 32.3 Å². The van der Waals surface area contributed by atoms with E-state index in [2.05, 4.69) is 21.6 Å². The molecular formula is C20H21N3OS. The monoisotopic (exact) mass is 351 g/mol. The van der Waals surface area contributed by atoms with Gasteiger partial charge in [0.05, 0.1) is 11.3 Å². The van der Waals surface area contributed by atoms with Gasteiger partial charge in [0.15, 0.2) is 0 Å². The van der Waals surface area contributed by atoms with E-state index in [1.165, 1.54) is 0 Å². The van der Waals surface area contributed by atoms with Crippen LogP contribution in [0.3, 0.4) is 0 Å². The van der Waals surface area contributed by atoms with Gasteiger partial charge in [-0.05, 0) is 50.6 Å². The molecule has 0 aliphatic rings. The molecule has 0 fully saturated rings. The molecule has 0 radical (unpaired) electrons. The number of carbonyl (C=O) groups excluding carboxylic acids is 1. The Bertz CT molecular complexity index is 868. The lowest BCUT2D eigenvalue weighted by atomic mass is 10.1. The van der Waals surface area contributed by atoms with Gasteiger partial charge in [-0.1, -0.05) is 36.0 Å². The molecule has 0 aliphatic carbocycles. The molecule has 5 heteroatoms. The SMILES string of the molecule is Cc1ccc(C(=O)NCc2c(C)n[nH]c2C)c(Sc2ccccc2)c1. The average molecular weight is 351 g/mol. The highest BCUT2D eigenvalue weighted by Gasteiger charge is 2.14. The summed E-state index contributed by atoms with van der Waals surface area (Å²) >= 11 is 1.61. The summed E-state index contributed by atoms with van der Waals surface area (Å²) in [5, 5.41) is 10.1. The van der Waals surface area contributed by atoms with Gasteiger partial charge in [-0.15, -0.1) is 0 Å². The number of aromatic amines is 1. The van der Waals surface area contributed by atoms with Crippen LogP contribution in [0.5, 0.6) is 0 Å². The van der Waals surface area contributed by atoms with Crippen molar-refractivity contribution in [1.29, 1.82) is 0 Å². The third kappa shape index (κ3) is 4.12. The second-order valence-electron chi connectivity index (χ2n) is 6.01. The number of benzene rings is 2. The van der Waals surface area contributed by atoms with Gasteiger partial charge in [0.2, 0.25) is 0 Å². The molecule has 0 aliphatic heterocycles. The van der Waals surface area contributed by atoms with Crippen LogP contribution in [0, 0.1) is 20.8 Å². The minimum Gasteiger partial charge on any atom is -0.348 e. The first-order chi connectivity index (χ1) is 12.0. The Hall–Kier alpha value is -2.53. The van der Waals surface area contributed by atoms with E-state index in [1.807, 2.05) is 63.2 Å². The quantitative estimate of drug-likeness (QED) is 0.715. The van der Waals surface area contributed by atoms with Crippen LogP contribution in [-0.4, -0.2) is 16.1 Å². The number of nitrogens with one attached hydrogen (secondary N) is 2. The van der Waals surface area contributed by atoms with Crippen molar-refractivity contribution in [2.24, 2.45) is 0 Å². The molecule has 0 atom stereocenters. The summed E-state index contributed by atoms with van der Waals surface area (Å²) < 4.78 is 0. The number of hydrogen-bond donors (Lipinski definition) is 2. The highest BCUT2D eigenvalue weighted by Crippen LogP contribution is 2.31. The lowest BCUT2D eigenvalue weighted by Crippen LogP contribution is -2.24. The van der Waals surface area contributed by atoms with E-state index < -0.39 is 0 Å². The van der Waals surface area contributed by atoms with Gasteiger partial charge in [-0.2, -0.15) is 5.10 Å². The maximum Gasteiger partial charge on any atom is 0.252 e. The maximum absolute atomic E-state index is 12.7. The van der Waals surface area contributed by atoms with Crippen LogP contribution >= 0.6 is 11.8 Å². The predicted molar refractivity (Wildman–Crippen MR) is 101 cm³/mol. The second kappa shape index (κ2) is 7.57. The molecule has 0 saturated heterocycles. The van der Waals surface area contributed by atoms with Gasteiger partial charge in [0.25, 0.3) is 5.91 Å². The third-order valence-electron chi connectivity index (χ3n) is 4.06. The Balaban J connectivity index is 1.80. The standard InChI is InChI=1S/C20H21N3OS/c1-13-9-10-17(19(11-13)25-16-7-5-4-6-8-16)20(24)21-12-18-14(2)22-23-15(18)3/h4-11H,12H2,1-3H3,(H,21,24)(H,22,23). The molecule has 0 saturated carbocycles. The molecule has 3 aromatic rings. The Morgan fingerprint density at radius 3 is 2.56 bits per heavy atom. The fourth-order valence-electron chi connectivity index (χ4n) is 2.62. The van der Waals surface area contributed by atoms with E-state index in [0.29, 0.717) is 12.1 Å². The Labute approximate surface area is 152 Å². The molecule has 1 aromatic heterocycles. The molecular weight excluding hydrogens is 330 g/mol. The molecule has 3 rings (SSSR count). The van der Waals surface area contributed by atoms with Gasteiger partial charge in [-0.3, -0.25) is 9.89 Å². The van der Waals surface area contributed by atoms with Crippen LogP contribution in [0.15, 0.2) is 58.3 Å². The number of aryl methyl sites for hydroxylation is 3. The Kier molecular flexibility index (Phi) is 5.24. The number of aromatic nitrogens is 2. The fourth-order valence-corrected chi connectivity index (χ4v) is 3.68. The van der Waals surface area contributed by atoms with Crippen molar-refractivity contribution in [2.75, 3.05) is 0 Å². The first-order valence-electron chi connectivity index (χ1n) is 8.17. The number of H-pyrrole nitrogens is 1. The van der Waals surface area contributed by atoms with Crippen molar-refractivity contribution in [3.63, 3.8) is 0 Å². The lowest BCUT2D eigenvalue weighted by molar-refractivity contribution is 0.0948. The molecule has 2 N–H and O–H groups in total. The van der Waals surface area contributed by atoms with E-state index in [-0.39, 0.29) is 5.91 Å². The van der Waals surface area contributed by atoms with E-state index in [4.69, 9.17) is 0 Å². The summed E-state index contributed by atoms with van der Waals surface area (Å²) in [5.41, 5.74) is 4.77. The highest BCUT2D eigenvalue weighted by molar-refractivity contribution is 7.99.